The highest BCUT2D eigenvalue weighted by Crippen LogP contribution is 2.24. The molecule has 0 radical (unpaired) electrons. The van der Waals surface area contributed by atoms with Gasteiger partial charge in [0.2, 0.25) is 0 Å². The maximum atomic E-state index is 12.4. The summed E-state index contributed by atoms with van der Waals surface area (Å²) in [4.78, 5) is 14.4. The monoisotopic (exact) mass is 232 g/mol. The van der Waals surface area contributed by atoms with E-state index in [4.69, 9.17) is 5.73 Å². The summed E-state index contributed by atoms with van der Waals surface area (Å²) >= 11 is 0. The van der Waals surface area contributed by atoms with Gasteiger partial charge in [0, 0.05) is 18.8 Å². The van der Waals surface area contributed by atoms with Crippen molar-refractivity contribution in [2.24, 2.45) is 0 Å². The summed E-state index contributed by atoms with van der Waals surface area (Å²) in [5.41, 5.74) is 8.41. The quantitative estimate of drug-likeness (QED) is 0.814. The van der Waals surface area contributed by atoms with E-state index in [-0.39, 0.29) is 5.91 Å². The number of hydrogen-bond donors (Lipinski definition) is 1. The summed E-state index contributed by atoms with van der Waals surface area (Å²) in [5, 5.41) is 0. The van der Waals surface area contributed by atoms with Crippen LogP contribution in [0.2, 0.25) is 0 Å². The second-order valence-electron chi connectivity index (χ2n) is 4.63. The molecule has 0 aliphatic carbocycles. The molecule has 1 heterocycles. The van der Waals surface area contributed by atoms with Gasteiger partial charge in [-0.2, -0.15) is 0 Å². The predicted molar refractivity (Wildman–Crippen MR) is 70.0 cm³/mol. The molecule has 17 heavy (non-hydrogen) atoms. The second kappa shape index (κ2) is 5.21. The van der Waals surface area contributed by atoms with E-state index < -0.39 is 0 Å². The lowest BCUT2D eigenvalue weighted by molar-refractivity contribution is 0.0760. The molecule has 2 rings (SSSR count). The third-order valence-electron chi connectivity index (χ3n) is 3.34. The van der Waals surface area contributed by atoms with Gasteiger partial charge in [0.15, 0.2) is 0 Å². The van der Waals surface area contributed by atoms with Crippen molar-refractivity contribution in [2.75, 3.05) is 18.8 Å². The van der Waals surface area contributed by atoms with Gasteiger partial charge in [-0.3, -0.25) is 4.79 Å². The molecule has 1 aromatic carbocycles. The zero-order valence-corrected chi connectivity index (χ0v) is 10.4. The molecule has 3 nitrogen and oxygen atoms in total. The zero-order valence-electron chi connectivity index (χ0n) is 10.4. The largest absolute Gasteiger partial charge is 0.398 e. The highest BCUT2D eigenvalue weighted by Gasteiger charge is 2.23. The smallest absolute Gasteiger partial charge is 0.256 e. The number of benzene rings is 1. The van der Waals surface area contributed by atoms with Crippen molar-refractivity contribution in [3.05, 3.63) is 29.3 Å². The van der Waals surface area contributed by atoms with Crippen LogP contribution in [0.4, 0.5) is 5.69 Å². The Labute approximate surface area is 103 Å². The van der Waals surface area contributed by atoms with Gasteiger partial charge >= 0.3 is 0 Å². The van der Waals surface area contributed by atoms with Crippen LogP contribution in [0.5, 0.6) is 0 Å². The summed E-state index contributed by atoms with van der Waals surface area (Å²) in [6, 6.07) is 5.77. The summed E-state index contributed by atoms with van der Waals surface area (Å²) in [5.74, 6) is 0.115. The molecule has 1 amide bonds. The van der Waals surface area contributed by atoms with Crippen LogP contribution in [-0.4, -0.2) is 23.9 Å². The molecular formula is C14H20N2O. The first-order valence-corrected chi connectivity index (χ1v) is 6.40. The molecule has 92 valence electrons. The average molecular weight is 232 g/mol. The molecule has 0 atom stereocenters. The summed E-state index contributed by atoms with van der Waals surface area (Å²) < 4.78 is 0. The predicted octanol–water partition coefficient (Wildman–Crippen LogP) is 2.46. The lowest BCUT2D eigenvalue weighted by Gasteiger charge is -2.21. The number of rotatable bonds is 3. The lowest BCUT2D eigenvalue weighted by Crippen LogP contribution is -2.32. The van der Waals surface area contributed by atoms with E-state index in [2.05, 4.69) is 6.92 Å². The molecule has 0 unspecified atom stereocenters. The fourth-order valence-electron chi connectivity index (χ4n) is 2.37. The molecule has 3 heteroatoms. The van der Waals surface area contributed by atoms with E-state index in [1.54, 1.807) is 0 Å². The van der Waals surface area contributed by atoms with Gasteiger partial charge in [-0.25, -0.2) is 0 Å². The van der Waals surface area contributed by atoms with Crippen LogP contribution in [0, 0.1) is 0 Å². The first kappa shape index (κ1) is 12.0. The molecule has 2 N–H and O–H groups in total. The summed E-state index contributed by atoms with van der Waals surface area (Å²) in [6.07, 6.45) is 4.16. The van der Waals surface area contributed by atoms with Crippen LogP contribution in [0.3, 0.4) is 0 Å². The van der Waals surface area contributed by atoms with E-state index in [0.29, 0.717) is 5.69 Å². The molecule has 1 aliphatic heterocycles. The fraction of sp³-hybridized carbons (Fsp3) is 0.500. The van der Waals surface area contributed by atoms with Crippen molar-refractivity contribution in [3.8, 4) is 0 Å². The molecule has 0 spiro atoms. The number of nitrogen functional groups attached to an aromatic ring is 1. The minimum Gasteiger partial charge on any atom is -0.398 e. The Balaban J connectivity index is 2.29. The van der Waals surface area contributed by atoms with Crippen LogP contribution in [-0.2, 0) is 6.42 Å². The van der Waals surface area contributed by atoms with E-state index in [0.717, 1.165) is 49.9 Å². The van der Waals surface area contributed by atoms with E-state index in [1.807, 2.05) is 23.1 Å². The Kier molecular flexibility index (Phi) is 3.67. The number of anilines is 1. The number of aryl methyl sites for hydroxylation is 1. The number of nitrogens with two attached hydrogens (primary N) is 1. The number of amides is 1. The zero-order chi connectivity index (χ0) is 12.3. The van der Waals surface area contributed by atoms with E-state index in [1.165, 1.54) is 0 Å². The van der Waals surface area contributed by atoms with Gasteiger partial charge in [0.05, 0.1) is 5.56 Å². The Morgan fingerprint density at radius 1 is 1.41 bits per heavy atom. The van der Waals surface area contributed by atoms with Gasteiger partial charge in [0.25, 0.3) is 5.91 Å². The van der Waals surface area contributed by atoms with Gasteiger partial charge in [-0.1, -0.05) is 25.5 Å². The van der Waals surface area contributed by atoms with Crippen LogP contribution in [0.25, 0.3) is 0 Å². The first-order chi connectivity index (χ1) is 8.24. The second-order valence-corrected chi connectivity index (χ2v) is 4.63. The fourth-order valence-corrected chi connectivity index (χ4v) is 2.37. The summed E-state index contributed by atoms with van der Waals surface area (Å²) in [6.45, 7) is 3.85. The Hall–Kier alpha value is -1.51. The van der Waals surface area contributed by atoms with Crippen molar-refractivity contribution in [3.63, 3.8) is 0 Å². The normalized spacial score (nSPS) is 15.6. The van der Waals surface area contributed by atoms with Crippen LogP contribution in [0.15, 0.2) is 18.2 Å². The third kappa shape index (κ3) is 2.43. The highest BCUT2D eigenvalue weighted by atomic mass is 16.2. The van der Waals surface area contributed by atoms with E-state index in [9.17, 15) is 4.79 Å². The SMILES string of the molecule is CCCCN1CCCc2cccc(N)c2C1=O. The van der Waals surface area contributed by atoms with Crippen molar-refractivity contribution in [1.29, 1.82) is 0 Å². The number of nitrogens with zero attached hydrogens (tertiary/aromatic N) is 1. The number of unbranched alkanes of at least 4 members (excludes halogenated alkanes) is 1. The summed E-state index contributed by atoms with van der Waals surface area (Å²) in [7, 11) is 0. The first-order valence-electron chi connectivity index (χ1n) is 6.40. The maximum absolute atomic E-state index is 12.4. The number of carbonyl (C=O) groups excluding carboxylic acids is 1. The lowest BCUT2D eigenvalue weighted by atomic mass is 10.0. The van der Waals surface area contributed by atoms with Gasteiger partial charge in [0.1, 0.15) is 0 Å². The molecule has 1 aromatic rings. The molecule has 1 aliphatic rings. The molecule has 0 aromatic heterocycles. The minimum atomic E-state index is 0.115. The minimum absolute atomic E-state index is 0.115. The van der Waals surface area contributed by atoms with Crippen molar-refractivity contribution < 1.29 is 4.79 Å². The maximum Gasteiger partial charge on any atom is 0.256 e. The van der Waals surface area contributed by atoms with Gasteiger partial charge in [-0.05, 0) is 30.9 Å². The topological polar surface area (TPSA) is 46.3 Å². The van der Waals surface area contributed by atoms with Crippen molar-refractivity contribution in [1.82, 2.24) is 4.90 Å². The average Bonchev–Trinajstić information content (AvgIpc) is 2.47. The van der Waals surface area contributed by atoms with Crippen LogP contribution < -0.4 is 5.73 Å². The number of hydrogen-bond acceptors (Lipinski definition) is 2. The van der Waals surface area contributed by atoms with Gasteiger partial charge < -0.3 is 10.6 Å². The van der Waals surface area contributed by atoms with Crippen LogP contribution in [0.1, 0.15) is 42.1 Å². The Bertz CT molecular complexity index is 413. The Morgan fingerprint density at radius 3 is 3.00 bits per heavy atom. The number of carbonyl (C=O) groups is 1. The van der Waals surface area contributed by atoms with E-state index >= 15 is 0 Å². The van der Waals surface area contributed by atoms with Crippen molar-refractivity contribution in [2.45, 2.75) is 32.6 Å². The number of fused-ring (bicyclic) bond motifs is 1. The molecular weight excluding hydrogens is 212 g/mol. The van der Waals surface area contributed by atoms with Gasteiger partial charge in [-0.15, -0.1) is 0 Å². The highest BCUT2D eigenvalue weighted by molar-refractivity contribution is 6.00. The molecule has 0 fully saturated rings. The molecule has 0 saturated carbocycles. The van der Waals surface area contributed by atoms with Crippen LogP contribution >= 0.6 is 0 Å². The van der Waals surface area contributed by atoms with Crippen molar-refractivity contribution >= 4 is 11.6 Å². The third-order valence-corrected chi connectivity index (χ3v) is 3.34. The Morgan fingerprint density at radius 2 is 2.24 bits per heavy atom. The standard InChI is InChI=1S/C14H20N2O/c1-2-3-9-16-10-5-7-11-6-4-8-12(15)13(11)14(16)17/h4,6,8H,2-3,5,7,9-10,15H2,1H3. The molecule has 0 bridgehead atoms. The molecule has 0 saturated heterocycles.